The number of anilines is 1. The molecule has 5 nitrogen and oxygen atoms in total. The van der Waals surface area contributed by atoms with Crippen LogP contribution in [-0.2, 0) is 0 Å². The largest absolute Gasteiger partial charge is 0.320 e. The fourth-order valence-electron chi connectivity index (χ4n) is 1.47. The number of nitrogens with one attached hydrogen (secondary N) is 1. The highest BCUT2D eigenvalue weighted by Gasteiger charge is 2.10. The highest BCUT2D eigenvalue weighted by Crippen LogP contribution is 2.17. The highest BCUT2D eigenvalue weighted by molar-refractivity contribution is 7.03. The second-order valence-corrected chi connectivity index (χ2v) is 4.41. The number of aryl methyl sites for hydroxylation is 1. The first kappa shape index (κ1) is 13.2. The second kappa shape index (κ2) is 6.09. The fourth-order valence-corrected chi connectivity index (χ4v) is 1.90. The molecule has 0 unspecified atom stereocenters. The molecule has 0 radical (unpaired) electrons. The third-order valence-corrected chi connectivity index (χ3v) is 2.85. The Kier molecular flexibility index (Phi) is 4.23. The summed E-state index contributed by atoms with van der Waals surface area (Å²) in [4.78, 5) is 11.9. The van der Waals surface area contributed by atoms with Gasteiger partial charge in [0, 0.05) is 10.9 Å². The average Bonchev–Trinajstić information content (AvgIpc) is 2.93. The van der Waals surface area contributed by atoms with Gasteiger partial charge in [-0.05, 0) is 36.2 Å². The third kappa shape index (κ3) is 3.37. The zero-order valence-corrected chi connectivity index (χ0v) is 11.1. The molecule has 1 aromatic carbocycles. The van der Waals surface area contributed by atoms with Crippen molar-refractivity contribution in [3.8, 4) is 11.8 Å². The summed E-state index contributed by atoms with van der Waals surface area (Å²) in [5.41, 5.74) is 8.11. The lowest BCUT2D eigenvalue weighted by Gasteiger charge is -2.06. The van der Waals surface area contributed by atoms with Gasteiger partial charge in [0.25, 0.3) is 5.91 Å². The quantitative estimate of drug-likeness (QED) is 0.810. The lowest BCUT2D eigenvalue weighted by Crippen LogP contribution is -2.13. The Hall–Kier alpha value is -2.23. The van der Waals surface area contributed by atoms with E-state index in [1.807, 2.05) is 25.1 Å². The Morgan fingerprint density at radius 1 is 1.53 bits per heavy atom. The molecule has 0 aliphatic heterocycles. The molecule has 1 aromatic heterocycles. The van der Waals surface area contributed by atoms with E-state index >= 15 is 0 Å². The molecule has 0 aliphatic carbocycles. The highest BCUT2D eigenvalue weighted by atomic mass is 32.1. The van der Waals surface area contributed by atoms with Crippen molar-refractivity contribution in [2.24, 2.45) is 5.73 Å². The molecule has 0 fully saturated rings. The van der Waals surface area contributed by atoms with E-state index in [4.69, 9.17) is 5.73 Å². The Morgan fingerprint density at radius 2 is 2.37 bits per heavy atom. The van der Waals surface area contributed by atoms with Crippen molar-refractivity contribution in [3.63, 3.8) is 0 Å². The van der Waals surface area contributed by atoms with Crippen LogP contribution < -0.4 is 11.1 Å². The van der Waals surface area contributed by atoms with E-state index in [0.717, 1.165) is 22.7 Å². The standard InChI is InChI=1S/C13H12N4OS/c1-9-4-5-11(10(7-9)3-2-6-14)15-13(18)12-8-19-17-16-12/h4-5,7-8H,6,14H2,1H3,(H,15,18). The van der Waals surface area contributed by atoms with Crippen LogP contribution in [0.4, 0.5) is 5.69 Å². The minimum absolute atomic E-state index is 0.275. The molecule has 2 rings (SSSR count). The number of nitrogens with two attached hydrogens (primary N) is 1. The van der Waals surface area contributed by atoms with E-state index in [0.29, 0.717) is 11.4 Å². The van der Waals surface area contributed by atoms with Crippen LogP contribution in [0.5, 0.6) is 0 Å². The predicted molar refractivity (Wildman–Crippen MR) is 75.0 cm³/mol. The molecule has 19 heavy (non-hydrogen) atoms. The molecule has 96 valence electrons. The lowest BCUT2D eigenvalue weighted by atomic mass is 10.1. The van der Waals surface area contributed by atoms with Gasteiger partial charge in [0.05, 0.1) is 12.2 Å². The van der Waals surface area contributed by atoms with Gasteiger partial charge >= 0.3 is 0 Å². The number of hydrogen-bond donors (Lipinski definition) is 2. The smallest absolute Gasteiger partial charge is 0.277 e. The van der Waals surface area contributed by atoms with E-state index in [2.05, 4.69) is 26.7 Å². The maximum absolute atomic E-state index is 11.9. The van der Waals surface area contributed by atoms with Gasteiger partial charge in [-0.2, -0.15) is 0 Å². The van der Waals surface area contributed by atoms with Crippen molar-refractivity contribution in [2.75, 3.05) is 11.9 Å². The number of benzene rings is 1. The minimum Gasteiger partial charge on any atom is -0.320 e. The van der Waals surface area contributed by atoms with Crippen LogP contribution in [0.15, 0.2) is 23.6 Å². The molecule has 6 heteroatoms. The number of carbonyl (C=O) groups excluding carboxylic acids is 1. The molecule has 3 N–H and O–H groups in total. The van der Waals surface area contributed by atoms with Crippen LogP contribution in [0.2, 0.25) is 0 Å². The molecule has 0 aliphatic rings. The number of rotatable bonds is 2. The first-order valence-corrected chi connectivity index (χ1v) is 6.42. The first-order valence-electron chi connectivity index (χ1n) is 5.58. The first-order chi connectivity index (χ1) is 9.20. The lowest BCUT2D eigenvalue weighted by molar-refractivity contribution is 0.102. The third-order valence-electron chi connectivity index (χ3n) is 2.34. The summed E-state index contributed by atoms with van der Waals surface area (Å²) in [6.07, 6.45) is 0. The maximum atomic E-state index is 11.9. The van der Waals surface area contributed by atoms with Crippen molar-refractivity contribution in [2.45, 2.75) is 6.92 Å². The average molecular weight is 272 g/mol. The molecular formula is C13H12N4OS. The van der Waals surface area contributed by atoms with Gasteiger partial charge in [-0.15, -0.1) is 5.10 Å². The predicted octanol–water partition coefficient (Wildman–Crippen LogP) is 1.41. The van der Waals surface area contributed by atoms with Crippen LogP contribution >= 0.6 is 11.5 Å². The number of hydrogen-bond acceptors (Lipinski definition) is 5. The number of aromatic nitrogens is 2. The molecular weight excluding hydrogens is 260 g/mol. The van der Waals surface area contributed by atoms with E-state index < -0.39 is 0 Å². The van der Waals surface area contributed by atoms with Crippen molar-refractivity contribution >= 4 is 23.1 Å². The van der Waals surface area contributed by atoms with Gasteiger partial charge in [0.15, 0.2) is 5.69 Å². The van der Waals surface area contributed by atoms with Crippen LogP contribution in [0.1, 0.15) is 21.6 Å². The molecule has 0 saturated carbocycles. The van der Waals surface area contributed by atoms with Crippen molar-refractivity contribution in [3.05, 3.63) is 40.4 Å². The number of amides is 1. The van der Waals surface area contributed by atoms with Gasteiger partial charge in [-0.3, -0.25) is 4.79 Å². The summed E-state index contributed by atoms with van der Waals surface area (Å²) in [5, 5.41) is 8.09. The summed E-state index contributed by atoms with van der Waals surface area (Å²) < 4.78 is 3.66. The zero-order valence-electron chi connectivity index (χ0n) is 10.3. The molecule has 0 spiro atoms. The van der Waals surface area contributed by atoms with E-state index in [1.165, 1.54) is 0 Å². The van der Waals surface area contributed by atoms with Crippen molar-refractivity contribution in [1.82, 2.24) is 9.59 Å². The van der Waals surface area contributed by atoms with Gasteiger partial charge < -0.3 is 11.1 Å². The van der Waals surface area contributed by atoms with Gasteiger partial charge in [-0.25, -0.2) is 0 Å². The number of nitrogens with zero attached hydrogens (tertiary/aromatic N) is 2. The Balaban J connectivity index is 2.27. The van der Waals surface area contributed by atoms with E-state index in [1.54, 1.807) is 5.38 Å². The topological polar surface area (TPSA) is 80.9 Å². The zero-order chi connectivity index (χ0) is 13.7. The summed E-state index contributed by atoms with van der Waals surface area (Å²) in [6, 6.07) is 5.62. The number of carbonyl (C=O) groups is 1. The maximum Gasteiger partial charge on any atom is 0.277 e. The molecule has 1 heterocycles. The molecule has 0 saturated heterocycles. The van der Waals surface area contributed by atoms with Crippen LogP contribution in [0, 0.1) is 18.8 Å². The summed E-state index contributed by atoms with van der Waals surface area (Å²) >= 11 is 1.13. The van der Waals surface area contributed by atoms with Crippen LogP contribution in [0.25, 0.3) is 0 Å². The second-order valence-electron chi connectivity index (χ2n) is 3.80. The van der Waals surface area contributed by atoms with E-state index in [-0.39, 0.29) is 12.5 Å². The van der Waals surface area contributed by atoms with Crippen LogP contribution in [0.3, 0.4) is 0 Å². The molecule has 1 amide bonds. The van der Waals surface area contributed by atoms with E-state index in [9.17, 15) is 4.79 Å². The molecule has 0 atom stereocenters. The summed E-state index contributed by atoms with van der Waals surface area (Å²) in [5.74, 6) is 5.42. The SMILES string of the molecule is Cc1ccc(NC(=O)c2csnn2)c(C#CCN)c1. The minimum atomic E-state index is -0.298. The molecule has 0 bridgehead atoms. The van der Waals surface area contributed by atoms with Crippen molar-refractivity contribution in [1.29, 1.82) is 0 Å². The Morgan fingerprint density at radius 3 is 3.05 bits per heavy atom. The van der Waals surface area contributed by atoms with Crippen molar-refractivity contribution < 1.29 is 4.79 Å². The van der Waals surface area contributed by atoms with Gasteiger partial charge in [-0.1, -0.05) is 22.4 Å². The van der Waals surface area contributed by atoms with Gasteiger partial charge in [0.1, 0.15) is 0 Å². The molecule has 2 aromatic rings. The van der Waals surface area contributed by atoms with Crippen LogP contribution in [-0.4, -0.2) is 22.0 Å². The monoisotopic (exact) mass is 272 g/mol. The summed E-state index contributed by atoms with van der Waals surface area (Å²) in [6.45, 7) is 2.24. The Bertz CT molecular complexity index is 640. The van der Waals surface area contributed by atoms with Gasteiger partial charge in [0.2, 0.25) is 0 Å². The summed E-state index contributed by atoms with van der Waals surface area (Å²) in [7, 11) is 0. The normalized spacial score (nSPS) is 9.58. The Labute approximate surface area is 115 Å². The fraction of sp³-hybridized carbons (Fsp3) is 0.154.